The number of aromatic nitrogens is 1. The van der Waals surface area contributed by atoms with E-state index in [1.165, 1.54) is 0 Å². The minimum Gasteiger partial charge on any atom is -0.459 e. The van der Waals surface area contributed by atoms with Crippen LogP contribution in [0.5, 0.6) is 0 Å². The van der Waals surface area contributed by atoms with E-state index in [1.807, 2.05) is 36.4 Å². The Kier molecular flexibility index (Phi) is 5.08. The highest BCUT2D eigenvalue weighted by Gasteiger charge is 2.40. The predicted molar refractivity (Wildman–Crippen MR) is 112 cm³/mol. The second kappa shape index (κ2) is 7.50. The van der Waals surface area contributed by atoms with Gasteiger partial charge in [-0.05, 0) is 61.6 Å². The summed E-state index contributed by atoms with van der Waals surface area (Å²) in [6.07, 6.45) is 1.79. The fourth-order valence-corrected chi connectivity index (χ4v) is 4.04. The molecule has 0 amide bonds. The molecule has 0 radical (unpaired) electrons. The summed E-state index contributed by atoms with van der Waals surface area (Å²) in [5, 5.41) is 5.10. The van der Waals surface area contributed by atoms with Gasteiger partial charge in [-0.3, -0.25) is 4.98 Å². The molecule has 27 heavy (non-hydrogen) atoms. The number of hydrogen-bond acceptors (Lipinski definition) is 3. The van der Waals surface area contributed by atoms with E-state index in [9.17, 15) is 0 Å². The molecular weight excluding hydrogens is 401 g/mol. The number of furan rings is 1. The molecule has 0 bridgehead atoms. The molecule has 1 fully saturated rings. The van der Waals surface area contributed by atoms with Crippen LogP contribution in [0.4, 0.5) is 0 Å². The number of nitrogens with zero attached hydrogens (tertiary/aromatic N) is 2. The molecule has 3 heterocycles. The van der Waals surface area contributed by atoms with Gasteiger partial charge >= 0.3 is 0 Å². The first kappa shape index (κ1) is 18.3. The van der Waals surface area contributed by atoms with Gasteiger partial charge in [0, 0.05) is 18.3 Å². The number of pyridine rings is 1. The topological polar surface area (TPSA) is 41.3 Å². The maximum Gasteiger partial charge on any atom is 0.170 e. The van der Waals surface area contributed by atoms with E-state index in [1.54, 1.807) is 18.3 Å². The summed E-state index contributed by atoms with van der Waals surface area (Å²) >= 11 is 17.7. The first-order chi connectivity index (χ1) is 13.1. The van der Waals surface area contributed by atoms with E-state index >= 15 is 0 Å². The van der Waals surface area contributed by atoms with Gasteiger partial charge in [-0.15, -0.1) is 0 Å². The highest BCUT2D eigenvalue weighted by Crippen LogP contribution is 2.40. The quantitative estimate of drug-likeness (QED) is 0.556. The summed E-state index contributed by atoms with van der Waals surface area (Å²) in [5.74, 6) is 1.55. The van der Waals surface area contributed by atoms with E-state index in [0.29, 0.717) is 15.2 Å². The molecule has 1 aliphatic heterocycles. The number of hydrogen-bond donors (Lipinski definition) is 1. The van der Waals surface area contributed by atoms with Crippen LogP contribution in [-0.2, 0) is 0 Å². The van der Waals surface area contributed by atoms with Crippen molar-refractivity contribution in [1.29, 1.82) is 0 Å². The fraction of sp³-hybridized carbons (Fsp3) is 0.200. The van der Waals surface area contributed by atoms with Crippen LogP contribution < -0.4 is 5.32 Å². The van der Waals surface area contributed by atoms with Crippen molar-refractivity contribution in [3.05, 3.63) is 76.2 Å². The van der Waals surface area contributed by atoms with Gasteiger partial charge in [-0.25, -0.2) is 0 Å². The van der Waals surface area contributed by atoms with Crippen molar-refractivity contribution in [2.45, 2.75) is 19.0 Å². The van der Waals surface area contributed by atoms with Gasteiger partial charge in [0.15, 0.2) is 5.11 Å². The second-order valence-corrected chi connectivity index (χ2v) is 7.44. The predicted octanol–water partition coefficient (Wildman–Crippen LogP) is 5.64. The first-order valence-electron chi connectivity index (χ1n) is 8.61. The highest BCUT2D eigenvalue weighted by molar-refractivity contribution is 7.80. The number of likely N-dealkylation sites (N-methyl/N-ethyl adjacent to an activating group) is 1. The van der Waals surface area contributed by atoms with Gasteiger partial charge in [0.05, 0.1) is 21.8 Å². The lowest BCUT2D eigenvalue weighted by atomic mass is 10.0. The van der Waals surface area contributed by atoms with Gasteiger partial charge in [0.25, 0.3) is 0 Å². The Bertz CT molecular complexity index is 976. The first-order valence-corrected chi connectivity index (χ1v) is 9.78. The largest absolute Gasteiger partial charge is 0.459 e. The highest BCUT2D eigenvalue weighted by atomic mass is 35.5. The Labute approximate surface area is 173 Å². The molecule has 0 unspecified atom stereocenters. The summed E-state index contributed by atoms with van der Waals surface area (Å²) in [6, 6.07) is 15.1. The number of rotatable bonds is 4. The van der Waals surface area contributed by atoms with E-state index < -0.39 is 0 Å². The molecule has 1 aliphatic rings. The Morgan fingerprint density at radius 2 is 2.00 bits per heavy atom. The van der Waals surface area contributed by atoms with Crippen molar-refractivity contribution in [2.24, 2.45) is 0 Å². The standard InChI is InChI=1S/C20H17Cl2N3OS/c1-2-25-19(18(24-20(25)27)15-5-3-4-10-23-15)17-9-8-16(26-17)12-6-7-13(21)14(22)11-12/h3-11,18-19H,2H2,1H3,(H,24,27)/t18-,19+/m1/s1. The fourth-order valence-electron chi connectivity index (χ4n) is 3.37. The third kappa shape index (κ3) is 3.43. The van der Waals surface area contributed by atoms with Crippen molar-refractivity contribution in [3.63, 3.8) is 0 Å². The van der Waals surface area contributed by atoms with Crippen molar-refractivity contribution in [3.8, 4) is 11.3 Å². The van der Waals surface area contributed by atoms with Gasteiger partial charge < -0.3 is 14.6 Å². The van der Waals surface area contributed by atoms with Crippen LogP contribution in [0.15, 0.2) is 59.1 Å². The van der Waals surface area contributed by atoms with Crippen LogP contribution in [0.3, 0.4) is 0 Å². The van der Waals surface area contributed by atoms with Crippen LogP contribution >= 0.6 is 35.4 Å². The molecule has 3 aromatic rings. The van der Waals surface area contributed by atoms with Crippen LogP contribution in [0, 0.1) is 0 Å². The zero-order chi connectivity index (χ0) is 19.0. The lowest BCUT2D eigenvalue weighted by Crippen LogP contribution is -2.29. The molecule has 2 aromatic heterocycles. The average molecular weight is 418 g/mol. The van der Waals surface area contributed by atoms with Crippen molar-refractivity contribution in [2.75, 3.05) is 6.54 Å². The molecular formula is C20H17Cl2N3OS. The third-order valence-corrected chi connectivity index (χ3v) is 5.75. The summed E-state index contributed by atoms with van der Waals surface area (Å²) in [6.45, 7) is 2.84. The van der Waals surface area contributed by atoms with Crippen molar-refractivity contribution >= 4 is 40.5 Å². The molecule has 0 aliphatic carbocycles. The Morgan fingerprint density at radius 1 is 1.15 bits per heavy atom. The molecule has 4 nitrogen and oxygen atoms in total. The Hall–Kier alpha value is -2.08. The smallest absolute Gasteiger partial charge is 0.170 e. The van der Waals surface area contributed by atoms with E-state index in [-0.39, 0.29) is 12.1 Å². The molecule has 1 aromatic carbocycles. The molecule has 1 saturated heterocycles. The second-order valence-electron chi connectivity index (χ2n) is 6.24. The normalized spacial score (nSPS) is 19.4. The van der Waals surface area contributed by atoms with Crippen LogP contribution in [0.1, 0.15) is 30.5 Å². The van der Waals surface area contributed by atoms with Gasteiger partial charge in [-0.1, -0.05) is 29.3 Å². The monoisotopic (exact) mass is 417 g/mol. The third-order valence-electron chi connectivity index (χ3n) is 4.66. The molecule has 4 rings (SSSR count). The maximum absolute atomic E-state index is 6.21. The van der Waals surface area contributed by atoms with Crippen LogP contribution in [-0.4, -0.2) is 21.5 Å². The van der Waals surface area contributed by atoms with Crippen molar-refractivity contribution < 1.29 is 4.42 Å². The number of halogens is 2. The molecule has 2 atom stereocenters. The minimum absolute atomic E-state index is 0.0751. The van der Waals surface area contributed by atoms with E-state index in [0.717, 1.165) is 29.3 Å². The number of nitrogens with one attached hydrogen (secondary N) is 1. The lowest BCUT2D eigenvalue weighted by Gasteiger charge is -2.24. The summed E-state index contributed by atoms with van der Waals surface area (Å²) < 4.78 is 6.21. The molecule has 1 N–H and O–H groups in total. The lowest BCUT2D eigenvalue weighted by molar-refractivity contribution is 0.284. The molecule has 0 spiro atoms. The van der Waals surface area contributed by atoms with Crippen molar-refractivity contribution in [1.82, 2.24) is 15.2 Å². The number of thiocarbonyl (C=S) groups is 1. The molecule has 138 valence electrons. The number of benzene rings is 1. The van der Waals surface area contributed by atoms with Crippen LogP contribution in [0.25, 0.3) is 11.3 Å². The summed E-state index contributed by atoms with van der Waals surface area (Å²) in [5.41, 5.74) is 1.80. The zero-order valence-corrected chi connectivity index (χ0v) is 16.9. The van der Waals surface area contributed by atoms with E-state index in [4.69, 9.17) is 39.8 Å². The average Bonchev–Trinajstić information content (AvgIpc) is 3.29. The summed E-state index contributed by atoms with van der Waals surface area (Å²) in [4.78, 5) is 6.62. The summed E-state index contributed by atoms with van der Waals surface area (Å²) in [7, 11) is 0. The van der Waals surface area contributed by atoms with Gasteiger partial charge in [0.2, 0.25) is 0 Å². The van der Waals surface area contributed by atoms with Gasteiger partial charge in [-0.2, -0.15) is 0 Å². The molecule has 7 heteroatoms. The maximum atomic E-state index is 6.21. The minimum atomic E-state index is -0.0774. The zero-order valence-electron chi connectivity index (χ0n) is 14.5. The Morgan fingerprint density at radius 3 is 2.70 bits per heavy atom. The Balaban J connectivity index is 1.72. The molecule has 0 saturated carbocycles. The SMILES string of the molecule is CCN1C(=S)N[C@H](c2ccccn2)[C@@H]1c1ccc(-c2ccc(Cl)c(Cl)c2)o1. The van der Waals surface area contributed by atoms with Gasteiger partial charge in [0.1, 0.15) is 17.6 Å². The van der Waals surface area contributed by atoms with Crippen LogP contribution in [0.2, 0.25) is 10.0 Å². The van der Waals surface area contributed by atoms with E-state index in [2.05, 4.69) is 22.1 Å².